The summed E-state index contributed by atoms with van der Waals surface area (Å²) < 4.78 is 1.98. The largest absolute Gasteiger partial charge is 0.296 e. The Morgan fingerprint density at radius 3 is 2.74 bits per heavy atom. The molecule has 0 aliphatic carbocycles. The van der Waals surface area contributed by atoms with Gasteiger partial charge in [0.25, 0.3) is 5.91 Å². The van der Waals surface area contributed by atoms with E-state index < -0.39 is 0 Å². The summed E-state index contributed by atoms with van der Waals surface area (Å²) in [6.07, 6.45) is 0. The van der Waals surface area contributed by atoms with E-state index in [4.69, 9.17) is 11.6 Å². The molecule has 0 unspecified atom stereocenters. The molecular formula is C16H10ClN3OS2. The molecule has 0 aliphatic rings. The van der Waals surface area contributed by atoms with Gasteiger partial charge in [0.1, 0.15) is 0 Å². The fraction of sp³-hybridized carbons (Fsp3) is 0.0625. The minimum absolute atomic E-state index is 0.242. The van der Waals surface area contributed by atoms with Crippen molar-refractivity contribution in [1.82, 2.24) is 9.97 Å². The first-order valence-corrected chi connectivity index (χ1v) is 8.85. The Morgan fingerprint density at radius 1 is 1.09 bits per heavy atom. The number of thiazole rings is 2. The first-order chi connectivity index (χ1) is 11.1. The molecular weight excluding hydrogens is 350 g/mol. The predicted octanol–water partition coefficient (Wildman–Crippen LogP) is 5.12. The third kappa shape index (κ3) is 2.59. The number of rotatable bonds is 2. The molecule has 4 rings (SSSR count). The maximum Gasteiger partial charge on any atom is 0.286 e. The molecule has 23 heavy (non-hydrogen) atoms. The summed E-state index contributed by atoms with van der Waals surface area (Å²) in [5.41, 5.74) is 2.57. The smallest absolute Gasteiger partial charge is 0.286 e. The molecule has 114 valence electrons. The molecule has 7 heteroatoms. The van der Waals surface area contributed by atoms with E-state index >= 15 is 0 Å². The van der Waals surface area contributed by atoms with Crippen LogP contribution >= 0.6 is 34.3 Å². The monoisotopic (exact) mass is 359 g/mol. The number of carbonyl (C=O) groups excluding carboxylic acids is 1. The molecule has 2 heterocycles. The molecule has 0 radical (unpaired) electrons. The predicted molar refractivity (Wildman–Crippen MR) is 96.9 cm³/mol. The van der Waals surface area contributed by atoms with Crippen molar-refractivity contribution in [1.29, 1.82) is 0 Å². The zero-order chi connectivity index (χ0) is 16.0. The second-order valence-electron chi connectivity index (χ2n) is 4.98. The second-order valence-corrected chi connectivity index (χ2v) is 7.45. The van der Waals surface area contributed by atoms with Crippen molar-refractivity contribution in [2.45, 2.75) is 6.92 Å². The Labute approximate surface area is 144 Å². The fourth-order valence-corrected chi connectivity index (χ4v) is 4.21. The molecule has 1 amide bonds. The second kappa shape index (κ2) is 5.56. The lowest BCUT2D eigenvalue weighted by Gasteiger charge is -1.97. The van der Waals surface area contributed by atoms with Crippen LogP contribution in [0.15, 0.2) is 36.4 Å². The molecule has 2 aromatic heterocycles. The van der Waals surface area contributed by atoms with Crippen molar-refractivity contribution in [2.75, 3.05) is 5.32 Å². The van der Waals surface area contributed by atoms with Gasteiger partial charge in [-0.25, -0.2) is 9.97 Å². The van der Waals surface area contributed by atoms with Crippen molar-refractivity contribution >= 4 is 65.7 Å². The van der Waals surface area contributed by atoms with E-state index in [0.717, 1.165) is 26.0 Å². The molecule has 2 aromatic carbocycles. The SMILES string of the molecule is Cc1c(Cl)ccc2sc(NC(=O)c3nc4ccccc4s3)nc12. The van der Waals surface area contributed by atoms with Gasteiger partial charge in [0.05, 0.1) is 20.4 Å². The number of nitrogens with zero attached hydrogens (tertiary/aromatic N) is 2. The van der Waals surface area contributed by atoms with Crippen LogP contribution in [0.25, 0.3) is 20.4 Å². The lowest BCUT2D eigenvalue weighted by Crippen LogP contribution is -2.11. The van der Waals surface area contributed by atoms with Crippen LogP contribution in [0.4, 0.5) is 5.13 Å². The quantitative estimate of drug-likeness (QED) is 0.540. The van der Waals surface area contributed by atoms with Crippen LogP contribution in [-0.4, -0.2) is 15.9 Å². The number of aromatic nitrogens is 2. The summed E-state index contributed by atoms with van der Waals surface area (Å²) in [4.78, 5) is 21.2. The number of hydrogen-bond acceptors (Lipinski definition) is 5. The number of anilines is 1. The van der Waals surface area contributed by atoms with E-state index in [9.17, 15) is 4.79 Å². The summed E-state index contributed by atoms with van der Waals surface area (Å²) in [5.74, 6) is -0.242. The molecule has 1 N–H and O–H groups in total. The highest BCUT2D eigenvalue weighted by Gasteiger charge is 2.15. The zero-order valence-corrected chi connectivity index (χ0v) is 14.4. The van der Waals surface area contributed by atoms with Crippen LogP contribution < -0.4 is 5.32 Å². The molecule has 4 aromatic rings. The molecule has 4 nitrogen and oxygen atoms in total. The Hall–Kier alpha value is -2.02. The number of hydrogen-bond donors (Lipinski definition) is 1. The maximum atomic E-state index is 12.4. The first kappa shape index (κ1) is 14.6. The van der Waals surface area contributed by atoms with E-state index in [0.29, 0.717) is 15.2 Å². The minimum atomic E-state index is -0.242. The molecule has 0 saturated heterocycles. The number of nitrogens with one attached hydrogen (secondary N) is 1. The Balaban J connectivity index is 1.67. The van der Waals surface area contributed by atoms with Gasteiger partial charge in [0.2, 0.25) is 0 Å². The fourth-order valence-electron chi connectivity index (χ4n) is 2.27. The summed E-state index contributed by atoms with van der Waals surface area (Å²) in [6.45, 7) is 1.92. The van der Waals surface area contributed by atoms with Crippen LogP contribution in [0.1, 0.15) is 15.4 Å². The van der Waals surface area contributed by atoms with Gasteiger partial charge in [-0.1, -0.05) is 35.1 Å². The Bertz CT molecular complexity index is 1020. The van der Waals surface area contributed by atoms with Crippen molar-refractivity contribution in [3.8, 4) is 0 Å². The normalized spacial score (nSPS) is 11.2. The number of aryl methyl sites for hydroxylation is 1. The Morgan fingerprint density at radius 2 is 1.91 bits per heavy atom. The van der Waals surface area contributed by atoms with E-state index in [1.807, 2.05) is 43.3 Å². The van der Waals surface area contributed by atoms with Gasteiger partial charge in [0, 0.05) is 5.02 Å². The van der Waals surface area contributed by atoms with Gasteiger partial charge in [-0.05, 0) is 36.8 Å². The summed E-state index contributed by atoms with van der Waals surface area (Å²) in [6, 6.07) is 11.4. The average molecular weight is 360 g/mol. The zero-order valence-electron chi connectivity index (χ0n) is 12.0. The average Bonchev–Trinajstić information content (AvgIpc) is 3.15. The molecule has 0 fully saturated rings. The van der Waals surface area contributed by atoms with Crippen LogP contribution in [0.2, 0.25) is 5.02 Å². The minimum Gasteiger partial charge on any atom is -0.296 e. The lowest BCUT2D eigenvalue weighted by molar-refractivity contribution is 0.102. The number of carbonyl (C=O) groups is 1. The standard InChI is InChI=1S/C16H10ClN3OS2/c1-8-9(17)6-7-12-13(8)19-16(23-12)20-14(21)15-18-10-4-2-3-5-11(10)22-15/h2-7H,1H3,(H,19,20,21). The summed E-state index contributed by atoms with van der Waals surface area (Å²) >= 11 is 8.91. The lowest BCUT2D eigenvalue weighted by atomic mass is 10.2. The van der Waals surface area contributed by atoms with Gasteiger partial charge >= 0.3 is 0 Å². The molecule has 0 atom stereocenters. The molecule has 0 aliphatic heterocycles. The van der Waals surface area contributed by atoms with Crippen molar-refractivity contribution in [3.63, 3.8) is 0 Å². The third-order valence-corrected chi connectivity index (χ3v) is 5.84. The van der Waals surface area contributed by atoms with Gasteiger partial charge < -0.3 is 0 Å². The molecule has 0 saturated carbocycles. The summed E-state index contributed by atoms with van der Waals surface area (Å²) in [7, 11) is 0. The summed E-state index contributed by atoms with van der Waals surface area (Å²) in [5, 5.41) is 4.48. The van der Waals surface area contributed by atoms with E-state index in [1.165, 1.54) is 22.7 Å². The van der Waals surface area contributed by atoms with E-state index in [1.54, 1.807) is 0 Å². The van der Waals surface area contributed by atoms with Gasteiger partial charge in [-0.3, -0.25) is 10.1 Å². The van der Waals surface area contributed by atoms with E-state index in [-0.39, 0.29) is 5.91 Å². The van der Waals surface area contributed by atoms with Gasteiger partial charge in [-0.2, -0.15) is 0 Å². The number of para-hydroxylation sites is 1. The Kier molecular flexibility index (Phi) is 3.52. The maximum absolute atomic E-state index is 12.4. The van der Waals surface area contributed by atoms with Crippen molar-refractivity contribution < 1.29 is 4.79 Å². The number of amides is 1. The molecule has 0 spiro atoms. The van der Waals surface area contributed by atoms with Gasteiger partial charge in [0.15, 0.2) is 10.1 Å². The number of fused-ring (bicyclic) bond motifs is 2. The number of benzene rings is 2. The van der Waals surface area contributed by atoms with Crippen LogP contribution in [-0.2, 0) is 0 Å². The number of halogens is 1. The van der Waals surface area contributed by atoms with Crippen molar-refractivity contribution in [3.05, 3.63) is 52.0 Å². The topological polar surface area (TPSA) is 54.9 Å². The van der Waals surface area contributed by atoms with Crippen molar-refractivity contribution in [2.24, 2.45) is 0 Å². The van der Waals surface area contributed by atoms with Crippen LogP contribution in [0.3, 0.4) is 0 Å². The highest BCUT2D eigenvalue weighted by atomic mass is 35.5. The van der Waals surface area contributed by atoms with Crippen LogP contribution in [0.5, 0.6) is 0 Å². The first-order valence-electron chi connectivity index (χ1n) is 6.84. The van der Waals surface area contributed by atoms with Gasteiger partial charge in [-0.15, -0.1) is 11.3 Å². The highest BCUT2D eigenvalue weighted by Crippen LogP contribution is 2.32. The third-order valence-electron chi connectivity index (χ3n) is 3.46. The van der Waals surface area contributed by atoms with Crippen LogP contribution in [0, 0.1) is 6.92 Å². The van der Waals surface area contributed by atoms with E-state index in [2.05, 4.69) is 15.3 Å². The molecule has 0 bridgehead atoms. The highest BCUT2D eigenvalue weighted by molar-refractivity contribution is 7.22.